The van der Waals surface area contributed by atoms with Crippen molar-refractivity contribution in [2.24, 2.45) is 0 Å². The Morgan fingerprint density at radius 3 is 2.35 bits per heavy atom. The molecule has 0 aliphatic heterocycles. The van der Waals surface area contributed by atoms with Crippen LogP contribution in [0.3, 0.4) is 0 Å². The van der Waals surface area contributed by atoms with E-state index in [1.807, 2.05) is 0 Å². The van der Waals surface area contributed by atoms with Crippen LogP contribution < -0.4 is 0 Å². The highest BCUT2D eigenvalue weighted by Crippen LogP contribution is 2.39. The number of halogens is 5. The molecule has 0 atom stereocenters. The van der Waals surface area contributed by atoms with E-state index in [-0.39, 0.29) is 21.7 Å². The molecule has 0 heterocycles. The fourth-order valence-corrected chi connectivity index (χ4v) is 1.96. The molecule has 2 aromatic rings. The summed E-state index contributed by atoms with van der Waals surface area (Å²) >= 11 is 5.51. The van der Waals surface area contributed by atoms with Crippen LogP contribution in [0.15, 0.2) is 36.4 Å². The minimum Gasteiger partial charge on any atom is -0.205 e. The highest BCUT2D eigenvalue weighted by molar-refractivity contribution is 6.30. The van der Waals surface area contributed by atoms with E-state index in [4.69, 9.17) is 16.9 Å². The molecular weight excluding hydrogens is 294 g/mol. The second-order valence-electron chi connectivity index (χ2n) is 3.97. The lowest BCUT2D eigenvalue weighted by molar-refractivity contribution is -0.137. The molecule has 6 heteroatoms. The van der Waals surface area contributed by atoms with Crippen molar-refractivity contribution in [3.05, 3.63) is 58.4 Å². The summed E-state index contributed by atoms with van der Waals surface area (Å²) < 4.78 is 52.4. The van der Waals surface area contributed by atoms with E-state index >= 15 is 0 Å². The molecule has 0 saturated carbocycles. The smallest absolute Gasteiger partial charge is 0.205 e. The molecule has 0 unspecified atom stereocenters. The number of nitrogens with zero attached hydrogens (tertiary/aromatic N) is 1. The van der Waals surface area contributed by atoms with Gasteiger partial charge in [-0.3, -0.25) is 0 Å². The van der Waals surface area contributed by atoms with Gasteiger partial charge < -0.3 is 0 Å². The molecule has 0 aromatic heterocycles. The van der Waals surface area contributed by atoms with E-state index in [9.17, 15) is 17.6 Å². The van der Waals surface area contributed by atoms with Crippen LogP contribution in [0.1, 0.15) is 11.1 Å². The summed E-state index contributed by atoms with van der Waals surface area (Å²) in [7, 11) is 0. The van der Waals surface area contributed by atoms with Gasteiger partial charge >= 0.3 is 6.18 Å². The van der Waals surface area contributed by atoms with Gasteiger partial charge in [-0.05, 0) is 29.8 Å². The fraction of sp³-hybridized carbons (Fsp3) is 0.0714. The number of nitriles is 1. The van der Waals surface area contributed by atoms with Gasteiger partial charge in [0.2, 0.25) is 0 Å². The van der Waals surface area contributed by atoms with Crippen LogP contribution in [0.4, 0.5) is 17.6 Å². The third kappa shape index (κ3) is 2.61. The number of rotatable bonds is 1. The normalized spacial score (nSPS) is 11.2. The minimum absolute atomic E-state index is 0.0450. The number of hydrogen-bond donors (Lipinski definition) is 0. The Morgan fingerprint density at radius 1 is 1.10 bits per heavy atom. The first-order valence-corrected chi connectivity index (χ1v) is 5.78. The molecular formula is C14H6ClF4N. The van der Waals surface area contributed by atoms with Gasteiger partial charge in [0.1, 0.15) is 5.82 Å². The largest absolute Gasteiger partial charge is 0.417 e. The lowest BCUT2D eigenvalue weighted by Gasteiger charge is -2.14. The number of hydrogen-bond acceptors (Lipinski definition) is 1. The zero-order valence-corrected chi connectivity index (χ0v) is 10.6. The van der Waals surface area contributed by atoms with Crippen molar-refractivity contribution < 1.29 is 17.6 Å². The van der Waals surface area contributed by atoms with Crippen LogP contribution in [-0.2, 0) is 6.18 Å². The third-order valence-electron chi connectivity index (χ3n) is 2.70. The molecule has 0 spiro atoms. The van der Waals surface area contributed by atoms with Gasteiger partial charge in [0.15, 0.2) is 0 Å². The third-order valence-corrected chi connectivity index (χ3v) is 3.01. The molecule has 0 bridgehead atoms. The minimum atomic E-state index is -4.64. The SMILES string of the molecule is N#Cc1cccc(C(F)(F)F)c1-c1ccc(Cl)c(F)c1. The van der Waals surface area contributed by atoms with Crippen LogP contribution in [0.25, 0.3) is 11.1 Å². The predicted octanol–water partition coefficient (Wildman–Crippen LogP) is 5.04. The molecule has 2 rings (SSSR count). The number of benzene rings is 2. The average Bonchev–Trinajstić information content (AvgIpc) is 2.40. The first kappa shape index (κ1) is 14.4. The summed E-state index contributed by atoms with van der Waals surface area (Å²) in [5.74, 6) is -0.843. The van der Waals surface area contributed by atoms with Gasteiger partial charge in [0.25, 0.3) is 0 Å². The molecule has 0 amide bonds. The van der Waals surface area contributed by atoms with E-state index in [0.717, 1.165) is 24.3 Å². The van der Waals surface area contributed by atoms with E-state index in [2.05, 4.69) is 0 Å². The Morgan fingerprint density at radius 2 is 1.80 bits per heavy atom. The van der Waals surface area contributed by atoms with Gasteiger partial charge in [-0.1, -0.05) is 23.7 Å². The number of alkyl halides is 3. The second-order valence-corrected chi connectivity index (χ2v) is 4.37. The zero-order valence-electron chi connectivity index (χ0n) is 9.80. The average molecular weight is 300 g/mol. The second kappa shape index (κ2) is 5.14. The Hall–Kier alpha value is -2.06. The maximum atomic E-state index is 13.4. The first-order chi connectivity index (χ1) is 9.34. The predicted molar refractivity (Wildman–Crippen MR) is 66.6 cm³/mol. The van der Waals surface area contributed by atoms with Crippen LogP contribution >= 0.6 is 11.6 Å². The molecule has 0 radical (unpaired) electrons. The summed E-state index contributed by atoms with van der Waals surface area (Å²) in [6, 6.07) is 8.20. The molecule has 0 aliphatic carbocycles. The molecule has 1 nitrogen and oxygen atoms in total. The maximum Gasteiger partial charge on any atom is 0.417 e. The Kier molecular flexibility index (Phi) is 3.69. The van der Waals surface area contributed by atoms with Crippen molar-refractivity contribution in [2.45, 2.75) is 6.18 Å². The molecule has 0 saturated heterocycles. The summed E-state index contributed by atoms with van der Waals surface area (Å²) in [6.07, 6.45) is -4.64. The summed E-state index contributed by atoms with van der Waals surface area (Å²) in [6.45, 7) is 0. The molecule has 102 valence electrons. The maximum absolute atomic E-state index is 13.4. The van der Waals surface area contributed by atoms with Crippen LogP contribution in [-0.4, -0.2) is 0 Å². The summed E-state index contributed by atoms with van der Waals surface area (Å²) in [5, 5.41) is 8.76. The van der Waals surface area contributed by atoms with Crippen molar-refractivity contribution in [1.82, 2.24) is 0 Å². The van der Waals surface area contributed by atoms with Gasteiger partial charge in [-0.2, -0.15) is 18.4 Å². The zero-order chi connectivity index (χ0) is 14.9. The Labute approximate surface area is 117 Å². The highest BCUT2D eigenvalue weighted by Gasteiger charge is 2.34. The summed E-state index contributed by atoms with van der Waals surface area (Å²) in [4.78, 5) is 0. The van der Waals surface area contributed by atoms with Crippen LogP contribution in [0, 0.1) is 17.1 Å². The molecule has 0 N–H and O–H groups in total. The monoisotopic (exact) mass is 299 g/mol. The van der Waals surface area contributed by atoms with Gasteiger partial charge in [0, 0.05) is 5.56 Å². The van der Waals surface area contributed by atoms with Crippen molar-refractivity contribution >= 4 is 11.6 Å². The van der Waals surface area contributed by atoms with E-state index < -0.39 is 17.6 Å². The van der Waals surface area contributed by atoms with Crippen molar-refractivity contribution in [1.29, 1.82) is 5.26 Å². The van der Waals surface area contributed by atoms with Crippen molar-refractivity contribution in [3.63, 3.8) is 0 Å². The van der Waals surface area contributed by atoms with Gasteiger partial charge in [0.05, 0.1) is 22.2 Å². The van der Waals surface area contributed by atoms with E-state index in [1.54, 1.807) is 6.07 Å². The van der Waals surface area contributed by atoms with E-state index in [1.165, 1.54) is 12.1 Å². The quantitative estimate of drug-likeness (QED) is 0.677. The standard InChI is InChI=1S/C14H6ClF4N/c15-11-5-4-8(6-12(11)16)13-9(7-20)2-1-3-10(13)14(17,18)19/h1-6H. The van der Waals surface area contributed by atoms with Crippen LogP contribution in [0.2, 0.25) is 5.02 Å². The Bertz CT molecular complexity index is 701. The first-order valence-electron chi connectivity index (χ1n) is 5.40. The molecule has 20 heavy (non-hydrogen) atoms. The van der Waals surface area contributed by atoms with Gasteiger partial charge in [-0.15, -0.1) is 0 Å². The Balaban J connectivity index is 2.78. The topological polar surface area (TPSA) is 23.8 Å². The van der Waals surface area contributed by atoms with Crippen molar-refractivity contribution in [3.8, 4) is 17.2 Å². The molecule has 2 aromatic carbocycles. The lowest BCUT2D eigenvalue weighted by atomic mass is 9.94. The highest BCUT2D eigenvalue weighted by atomic mass is 35.5. The van der Waals surface area contributed by atoms with Crippen molar-refractivity contribution in [2.75, 3.05) is 0 Å². The molecule has 0 fully saturated rings. The van der Waals surface area contributed by atoms with Gasteiger partial charge in [-0.25, -0.2) is 4.39 Å². The van der Waals surface area contributed by atoms with E-state index in [0.29, 0.717) is 0 Å². The lowest BCUT2D eigenvalue weighted by Crippen LogP contribution is -2.08. The van der Waals surface area contributed by atoms with Crippen LogP contribution in [0.5, 0.6) is 0 Å². The molecule has 0 aliphatic rings. The fourth-order valence-electron chi connectivity index (χ4n) is 1.84. The summed E-state index contributed by atoms with van der Waals surface area (Å²) in [5.41, 5.74) is -1.56.